The standard InChI is InChI=1S/C13H19BrN2O3S2/c1-9-7-11(20-12(9)14)13(17)16-6-4-3-5-10(16)8-15-21(2,18)19/h7,10,15H,3-6,8H2,1-2H3. The number of thiophene rings is 1. The quantitative estimate of drug-likeness (QED) is 0.851. The van der Waals surface area contributed by atoms with Gasteiger partial charge in [0, 0.05) is 19.1 Å². The molecule has 1 aliphatic rings. The molecule has 5 nitrogen and oxygen atoms in total. The maximum absolute atomic E-state index is 12.6. The number of nitrogens with one attached hydrogen (secondary N) is 1. The Kier molecular flexibility index (Phi) is 5.45. The Hall–Kier alpha value is -0.440. The first-order valence-electron chi connectivity index (χ1n) is 6.79. The van der Waals surface area contributed by atoms with Crippen molar-refractivity contribution in [3.05, 3.63) is 20.3 Å². The number of hydrogen-bond acceptors (Lipinski definition) is 4. The molecule has 21 heavy (non-hydrogen) atoms. The van der Waals surface area contributed by atoms with Crippen LogP contribution in [0.5, 0.6) is 0 Å². The summed E-state index contributed by atoms with van der Waals surface area (Å²) in [5, 5.41) is 0. The summed E-state index contributed by atoms with van der Waals surface area (Å²) in [6, 6.07) is 1.81. The van der Waals surface area contributed by atoms with E-state index in [2.05, 4.69) is 20.7 Å². The molecule has 0 aromatic carbocycles. The van der Waals surface area contributed by atoms with E-state index in [1.165, 1.54) is 11.3 Å². The van der Waals surface area contributed by atoms with Crippen molar-refractivity contribution in [3.8, 4) is 0 Å². The van der Waals surface area contributed by atoms with E-state index in [9.17, 15) is 13.2 Å². The van der Waals surface area contributed by atoms with Gasteiger partial charge in [-0.1, -0.05) is 0 Å². The molecule has 0 aliphatic carbocycles. The average molecular weight is 395 g/mol. The van der Waals surface area contributed by atoms with Crippen molar-refractivity contribution < 1.29 is 13.2 Å². The first-order chi connectivity index (χ1) is 9.78. The normalized spacial score (nSPS) is 19.8. The SMILES string of the molecule is Cc1cc(C(=O)N2CCCCC2CNS(C)(=O)=O)sc1Br. The van der Waals surface area contributed by atoms with E-state index in [4.69, 9.17) is 0 Å². The number of amides is 1. The van der Waals surface area contributed by atoms with Crippen LogP contribution in [0.15, 0.2) is 9.85 Å². The molecule has 2 rings (SSSR count). The Labute approximate surface area is 137 Å². The summed E-state index contributed by atoms with van der Waals surface area (Å²) in [6.07, 6.45) is 3.96. The lowest BCUT2D eigenvalue weighted by Crippen LogP contribution is -2.49. The van der Waals surface area contributed by atoms with Gasteiger partial charge in [-0.3, -0.25) is 4.79 Å². The van der Waals surface area contributed by atoms with E-state index < -0.39 is 10.0 Å². The highest BCUT2D eigenvalue weighted by molar-refractivity contribution is 9.11. The number of carbonyl (C=O) groups is 1. The maximum Gasteiger partial charge on any atom is 0.264 e. The van der Waals surface area contributed by atoms with E-state index in [1.54, 1.807) is 4.90 Å². The summed E-state index contributed by atoms with van der Waals surface area (Å²) in [6.45, 7) is 2.93. The zero-order valence-electron chi connectivity index (χ0n) is 12.1. The van der Waals surface area contributed by atoms with Crippen molar-refractivity contribution in [3.63, 3.8) is 0 Å². The Morgan fingerprint density at radius 2 is 2.24 bits per heavy atom. The summed E-state index contributed by atoms with van der Waals surface area (Å²) >= 11 is 4.87. The topological polar surface area (TPSA) is 66.5 Å². The molecule has 1 saturated heterocycles. The van der Waals surface area contributed by atoms with E-state index in [0.29, 0.717) is 11.4 Å². The monoisotopic (exact) mass is 394 g/mol. The third-order valence-corrected chi connectivity index (χ3v) is 6.35. The second-order valence-corrected chi connectivity index (χ2v) is 9.54. The summed E-state index contributed by atoms with van der Waals surface area (Å²) in [7, 11) is -3.23. The smallest absolute Gasteiger partial charge is 0.264 e. The number of piperidine rings is 1. The van der Waals surface area contributed by atoms with E-state index in [0.717, 1.165) is 34.9 Å². The van der Waals surface area contributed by atoms with Crippen LogP contribution in [0.3, 0.4) is 0 Å². The third kappa shape index (κ3) is 4.51. The summed E-state index contributed by atoms with van der Waals surface area (Å²) < 4.78 is 26.0. The second kappa shape index (κ2) is 6.76. The molecular weight excluding hydrogens is 376 g/mol. The number of likely N-dealkylation sites (tertiary alicyclic amines) is 1. The molecule has 1 atom stereocenters. The van der Waals surface area contributed by atoms with Gasteiger partial charge in [-0.2, -0.15) is 0 Å². The largest absolute Gasteiger partial charge is 0.334 e. The van der Waals surface area contributed by atoms with Gasteiger partial charge in [-0.05, 0) is 53.7 Å². The molecule has 1 aliphatic heterocycles. The summed E-state index contributed by atoms with van der Waals surface area (Å²) in [4.78, 5) is 15.1. The number of rotatable bonds is 4. The molecule has 1 fully saturated rings. The van der Waals surface area contributed by atoms with Crippen molar-refractivity contribution in [1.82, 2.24) is 9.62 Å². The fourth-order valence-corrected chi connectivity index (χ4v) is 4.42. The molecule has 118 valence electrons. The van der Waals surface area contributed by atoms with Crippen LogP contribution >= 0.6 is 27.3 Å². The van der Waals surface area contributed by atoms with Crippen molar-refractivity contribution in [1.29, 1.82) is 0 Å². The molecule has 8 heteroatoms. The van der Waals surface area contributed by atoms with Gasteiger partial charge in [-0.25, -0.2) is 13.1 Å². The lowest BCUT2D eigenvalue weighted by Gasteiger charge is -2.35. The maximum atomic E-state index is 12.6. The minimum absolute atomic E-state index is 0.00574. The van der Waals surface area contributed by atoms with Gasteiger partial charge in [0.15, 0.2) is 0 Å². The van der Waals surface area contributed by atoms with Crippen LogP contribution in [0.4, 0.5) is 0 Å². The first-order valence-corrected chi connectivity index (χ1v) is 10.3. The highest BCUT2D eigenvalue weighted by Gasteiger charge is 2.29. The van der Waals surface area contributed by atoms with Crippen LogP contribution in [-0.2, 0) is 10.0 Å². The van der Waals surface area contributed by atoms with E-state index >= 15 is 0 Å². The average Bonchev–Trinajstić information content (AvgIpc) is 2.75. The van der Waals surface area contributed by atoms with Gasteiger partial charge in [0.05, 0.1) is 14.9 Å². The Bertz CT molecular complexity index is 608. The van der Waals surface area contributed by atoms with Gasteiger partial charge in [0.1, 0.15) is 0 Å². The van der Waals surface area contributed by atoms with Gasteiger partial charge in [0.25, 0.3) is 5.91 Å². The van der Waals surface area contributed by atoms with Gasteiger partial charge >= 0.3 is 0 Å². The highest BCUT2D eigenvalue weighted by Crippen LogP contribution is 2.29. The minimum atomic E-state index is -3.23. The Morgan fingerprint density at radius 3 is 2.81 bits per heavy atom. The first kappa shape index (κ1) is 16.9. The molecule has 1 aromatic rings. The number of sulfonamides is 1. The molecule has 0 saturated carbocycles. The lowest BCUT2D eigenvalue weighted by atomic mass is 10.0. The predicted molar refractivity (Wildman–Crippen MR) is 88.3 cm³/mol. The van der Waals surface area contributed by atoms with Crippen LogP contribution in [0.2, 0.25) is 0 Å². The summed E-state index contributed by atoms with van der Waals surface area (Å²) in [5.74, 6) is -0.00574. The fourth-order valence-electron chi connectivity index (χ4n) is 2.43. The van der Waals surface area contributed by atoms with Crippen molar-refractivity contribution in [2.45, 2.75) is 32.2 Å². The molecule has 1 amide bonds. The zero-order valence-corrected chi connectivity index (χ0v) is 15.3. The molecule has 1 N–H and O–H groups in total. The number of nitrogens with zero attached hydrogens (tertiary/aromatic N) is 1. The predicted octanol–water partition coefficient (Wildman–Crippen LogP) is 2.36. The number of carbonyl (C=O) groups excluding carboxylic acids is 1. The number of hydrogen-bond donors (Lipinski definition) is 1. The Morgan fingerprint density at radius 1 is 1.52 bits per heavy atom. The van der Waals surface area contributed by atoms with Crippen LogP contribution in [0, 0.1) is 6.92 Å². The fraction of sp³-hybridized carbons (Fsp3) is 0.615. The summed E-state index contributed by atoms with van der Waals surface area (Å²) in [5.41, 5.74) is 1.05. The van der Waals surface area contributed by atoms with Gasteiger partial charge < -0.3 is 4.90 Å². The van der Waals surface area contributed by atoms with E-state index in [-0.39, 0.29) is 18.5 Å². The minimum Gasteiger partial charge on any atom is -0.334 e. The van der Waals surface area contributed by atoms with Crippen molar-refractivity contribution in [2.75, 3.05) is 19.3 Å². The van der Waals surface area contributed by atoms with Crippen LogP contribution in [0.25, 0.3) is 0 Å². The third-order valence-electron chi connectivity index (χ3n) is 3.54. The molecule has 2 heterocycles. The molecular formula is C13H19BrN2O3S2. The molecule has 1 unspecified atom stereocenters. The van der Waals surface area contributed by atoms with Crippen LogP contribution in [-0.4, -0.2) is 44.6 Å². The van der Waals surface area contributed by atoms with E-state index in [1.807, 2.05) is 13.0 Å². The van der Waals surface area contributed by atoms with Crippen LogP contribution < -0.4 is 4.72 Å². The van der Waals surface area contributed by atoms with Crippen molar-refractivity contribution >= 4 is 43.2 Å². The second-order valence-electron chi connectivity index (χ2n) is 5.34. The molecule has 0 bridgehead atoms. The van der Waals surface area contributed by atoms with Crippen molar-refractivity contribution in [2.24, 2.45) is 0 Å². The molecule has 1 aromatic heterocycles. The number of halogens is 1. The van der Waals surface area contributed by atoms with Crippen LogP contribution in [0.1, 0.15) is 34.5 Å². The molecule has 0 spiro atoms. The van der Waals surface area contributed by atoms with Gasteiger partial charge in [-0.15, -0.1) is 11.3 Å². The highest BCUT2D eigenvalue weighted by atomic mass is 79.9. The van der Waals surface area contributed by atoms with Gasteiger partial charge in [0.2, 0.25) is 10.0 Å². The zero-order chi connectivity index (χ0) is 15.6. The Balaban J connectivity index is 2.12. The number of aryl methyl sites for hydroxylation is 1. The molecule has 0 radical (unpaired) electrons. The lowest BCUT2D eigenvalue weighted by molar-refractivity contribution is 0.0624.